The summed E-state index contributed by atoms with van der Waals surface area (Å²) in [7, 11) is 3.39. The fourth-order valence-corrected chi connectivity index (χ4v) is 3.01. The van der Waals surface area contributed by atoms with Crippen LogP contribution >= 0.6 is 24.0 Å². The van der Waals surface area contributed by atoms with Crippen molar-refractivity contribution in [2.24, 2.45) is 10.4 Å². The number of morpholine rings is 1. The zero-order valence-corrected chi connectivity index (χ0v) is 19.7. The van der Waals surface area contributed by atoms with E-state index >= 15 is 0 Å². The van der Waals surface area contributed by atoms with Crippen LogP contribution in [0.4, 0.5) is 0 Å². The Labute approximate surface area is 185 Å². The number of hydrogen-bond donors (Lipinski definition) is 3. The standard InChI is InChI=1S/C20H33N5O2.HI/c1-20(2,18(26)21-3)15-24-19(22-4)23-13-16-7-5-6-8-17(16)14-25-9-11-27-12-10-25;/h5-8H,9-15H2,1-4H3,(H,21,26)(H2,22,23,24);1H. The van der Waals surface area contributed by atoms with Crippen molar-refractivity contribution in [1.82, 2.24) is 20.9 Å². The van der Waals surface area contributed by atoms with Crippen molar-refractivity contribution in [1.29, 1.82) is 0 Å². The van der Waals surface area contributed by atoms with Crippen molar-refractivity contribution >= 4 is 35.8 Å². The predicted molar refractivity (Wildman–Crippen MR) is 124 cm³/mol. The molecule has 3 N–H and O–H groups in total. The van der Waals surface area contributed by atoms with Gasteiger partial charge in [-0.05, 0) is 25.0 Å². The molecule has 8 heteroatoms. The van der Waals surface area contributed by atoms with Gasteiger partial charge in [0.1, 0.15) is 0 Å². The number of aliphatic imine (C=N–C) groups is 1. The maximum Gasteiger partial charge on any atom is 0.227 e. The second kappa shape index (κ2) is 12.2. The molecule has 0 spiro atoms. The molecule has 0 radical (unpaired) electrons. The zero-order valence-electron chi connectivity index (χ0n) is 17.4. The van der Waals surface area contributed by atoms with Gasteiger partial charge in [0.25, 0.3) is 0 Å². The number of carbonyl (C=O) groups is 1. The molecule has 1 fully saturated rings. The summed E-state index contributed by atoms with van der Waals surface area (Å²) in [5.41, 5.74) is 2.05. The molecule has 158 valence electrons. The number of nitrogens with one attached hydrogen (secondary N) is 3. The molecular weight excluding hydrogens is 469 g/mol. The SMILES string of the molecule is CN=C(NCc1ccccc1CN1CCOCC1)NCC(C)(C)C(=O)NC.I. The van der Waals surface area contributed by atoms with Crippen LogP contribution in [-0.2, 0) is 22.6 Å². The van der Waals surface area contributed by atoms with Gasteiger partial charge >= 0.3 is 0 Å². The summed E-state index contributed by atoms with van der Waals surface area (Å²) in [6, 6.07) is 8.46. The van der Waals surface area contributed by atoms with Gasteiger partial charge in [-0.25, -0.2) is 0 Å². The molecule has 0 bridgehead atoms. The second-order valence-electron chi connectivity index (χ2n) is 7.40. The van der Waals surface area contributed by atoms with Gasteiger partial charge in [0.05, 0.1) is 18.6 Å². The van der Waals surface area contributed by atoms with E-state index in [-0.39, 0.29) is 29.9 Å². The lowest BCUT2D eigenvalue weighted by Crippen LogP contribution is -2.47. The lowest BCUT2D eigenvalue weighted by molar-refractivity contribution is -0.128. The van der Waals surface area contributed by atoms with E-state index in [1.807, 2.05) is 13.8 Å². The molecule has 0 saturated carbocycles. The Morgan fingerprint density at radius 3 is 2.43 bits per heavy atom. The minimum Gasteiger partial charge on any atom is -0.379 e. The lowest BCUT2D eigenvalue weighted by Gasteiger charge is -2.27. The molecule has 0 unspecified atom stereocenters. The van der Waals surface area contributed by atoms with Gasteiger partial charge in [-0.15, -0.1) is 24.0 Å². The normalized spacial score (nSPS) is 15.5. The Morgan fingerprint density at radius 1 is 1.18 bits per heavy atom. The summed E-state index contributed by atoms with van der Waals surface area (Å²) < 4.78 is 5.43. The molecule has 2 rings (SSSR count). The Kier molecular flexibility index (Phi) is 10.8. The number of rotatable bonds is 7. The van der Waals surface area contributed by atoms with E-state index in [2.05, 4.69) is 50.1 Å². The summed E-state index contributed by atoms with van der Waals surface area (Å²) >= 11 is 0. The highest BCUT2D eigenvalue weighted by Gasteiger charge is 2.26. The zero-order chi connectivity index (χ0) is 19.7. The van der Waals surface area contributed by atoms with Crippen LogP contribution < -0.4 is 16.0 Å². The molecule has 1 amide bonds. The van der Waals surface area contributed by atoms with Crippen molar-refractivity contribution in [3.05, 3.63) is 35.4 Å². The first kappa shape index (κ1) is 24.6. The van der Waals surface area contributed by atoms with E-state index in [0.29, 0.717) is 19.0 Å². The van der Waals surface area contributed by atoms with Crippen molar-refractivity contribution in [2.75, 3.05) is 46.9 Å². The maximum atomic E-state index is 11.9. The summed E-state index contributed by atoms with van der Waals surface area (Å²) in [6.07, 6.45) is 0. The third-order valence-electron chi connectivity index (χ3n) is 4.83. The number of halogens is 1. The van der Waals surface area contributed by atoms with E-state index in [1.54, 1.807) is 14.1 Å². The van der Waals surface area contributed by atoms with Crippen LogP contribution in [-0.4, -0.2) is 63.7 Å². The smallest absolute Gasteiger partial charge is 0.227 e. The summed E-state index contributed by atoms with van der Waals surface area (Å²) in [5, 5.41) is 9.30. The largest absolute Gasteiger partial charge is 0.379 e. The summed E-state index contributed by atoms with van der Waals surface area (Å²) in [6.45, 7) is 9.47. The molecular formula is C20H34IN5O2. The highest BCUT2D eigenvalue weighted by Crippen LogP contribution is 2.14. The van der Waals surface area contributed by atoms with Crippen LogP contribution in [0.25, 0.3) is 0 Å². The van der Waals surface area contributed by atoms with Crippen LogP contribution in [0.2, 0.25) is 0 Å². The fraction of sp³-hybridized carbons (Fsp3) is 0.600. The number of guanidine groups is 1. The molecule has 7 nitrogen and oxygen atoms in total. The van der Waals surface area contributed by atoms with Crippen molar-refractivity contribution in [2.45, 2.75) is 26.9 Å². The van der Waals surface area contributed by atoms with Crippen LogP contribution in [0.1, 0.15) is 25.0 Å². The van der Waals surface area contributed by atoms with E-state index in [1.165, 1.54) is 11.1 Å². The first-order valence-corrected chi connectivity index (χ1v) is 9.50. The van der Waals surface area contributed by atoms with Gasteiger partial charge in [-0.2, -0.15) is 0 Å². The van der Waals surface area contributed by atoms with Gasteiger partial charge in [-0.3, -0.25) is 14.7 Å². The maximum absolute atomic E-state index is 11.9. The highest BCUT2D eigenvalue weighted by molar-refractivity contribution is 14.0. The van der Waals surface area contributed by atoms with E-state index in [0.717, 1.165) is 32.8 Å². The first-order valence-electron chi connectivity index (χ1n) is 9.50. The molecule has 1 aromatic carbocycles. The lowest BCUT2D eigenvalue weighted by atomic mass is 9.92. The van der Waals surface area contributed by atoms with Crippen LogP contribution in [0.5, 0.6) is 0 Å². The number of ether oxygens (including phenoxy) is 1. The molecule has 1 aliphatic heterocycles. The molecule has 28 heavy (non-hydrogen) atoms. The average Bonchev–Trinajstić information content (AvgIpc) is 2.69. The number of hydrogen-bond acceptors (Lipinski definition) is 4. The van der Waals surface area contributed by atoms with Gasteiger partial charge in [0.15, 0.2) is 5.96 Å². The van der Waals surface area contributed by atoms with E-state index in [4.69, 9.17) is 4.74 Å². The number of amides is 1. The topological polar surface area (TPSA) is 78.0 Å². The molecule has 0 aliphatic carbocycles. The van der Waals surface area contributed by atoms with E-state index in [9.17, 15) is 4.79 Å². The Bertz CT molecular complexity index is 645. The molecule has 1 saturated heterocycles. The molecule has 1 aliphatic rings. The first-order chi connectivity index (χ1) is 13.0. The van der Waals surface area contributed by atoms with Gasteiger partial charge in [0, 0.05) is 46.8 Å². The predicted octanol–water partition coefficient (Wildman–Crippen LogP) is 1.57. The number of benzene rings is 1. The van der Waals surface area contributed by atoms with Crippen LogP contribution in [0.15, 0.2) is 29.3 Å². The van der Waals surface area contributed by atoms with Crippen molar-refractivity contribution in [3.63, 3.8) is 0 Å². The quantitative estimate of drug-likeness (QED) is 0.299. The number of nitrogens with zero attached hydrogens (tertiary/aromatic N) is 2. The number of carbonyl (C=O) groups excluding carboxylic acids is 1. The highest BCUT2D eigenvalue weighted by atomic mass is 127. The fourth-order valence-electron chi connectivity index (χ4n) is 3.01. The molecule has 1 heterocycles. The van der Waals surface area contributed by atoms with Crippen LogP contribution in [0, 0.1) is 5.41 Å². The minimum atomic E-state index is -0.513. The van der Waals surface area contributed by atoms with Gasteiger partial charge in [-0.1, -0.05) is 24.3 Å². The Morgan fingerprint density at radius 2 is 1.82 bits per heavy atom. The second-order valence-corrected chi connectivity index (χ2v) is 7.40. The molecule has 1 aromatic rings. The van der Waals surface area contributed by atoms with Crippen molar-refractivity contribution in [3.8, 4) is 0 Å². The Balaban J connectivity index is 0.00000392. The van der Waals surface area contributed by atoms with Crippen molar-refractivity contribution < 1.29 is 9.53 Å². The van der Waals surface area contributed by atoms with E-state index < -0.39 is 5.41 Å². The third kappa shape index (κ3) is 7.56. The summed E-state index contributed by atoms with van der Waals surface area (Å²) in [5.74, 6) is 0.689. The third-order valence-corrected chi connectivity index (χ3v) is 4.83. The molecule has 0 atom stereocenters. The summed E-state index contributed by atoms with van der Waals surface area (Å²) in [4.78, 5) is 18.6. The van der Waals surface area contributed by atoms with Gasteiger partial charge in [0.2, 0.25) is 5.91 Å². The van der Waals surface area contributed by atoms with Crippen LogP contribution in [0.3, 0.4) is 0 Å². The van der Waals surface area contributed by atoms with Gasteiger partial charge < -0.3 is 20.7 Å². The Hall–Kier alpha value is -1.39. The average molecular weight is 503 g/mol. The minimum absolute atomic E-state index is 0. The monoisotopic (exact) mass is 503 g/mol. The molecule has 0 aromatic heterocycles.